The Morgan fingerprint density at radius 2 is 2.06 bits per heavy atom. The minimum atomic E-state index is -0.529. The molecule has 1 heterocycles. The molecule has 0 saturated carbocycles. The van der Waals surface area contributed by atoms with Gasteiger partial charge in [-0.3, -0.25) is 0 Å². The van der Waals surface area contributed by atoms with Crippen molar-refractivity contribution in [2.24, 2.45) is 0 Å². The average Bonchev–Trinajstić information content (AvgIpc) is 2.58. The van der Waals surface area contributed by atoms with Crippen molar-refractivity contribution in [3.05, 3.63) is 11.4 Å². The van der Waals surface area contributed by atoms with E-state index in [1.165, 1.54) is 0 Å². The first-order valence-corrected chi connectivity index (χ1v) is 6.06. The summed E-state index contributed by atoms with van der Waals surface area (Å²) >= 11 is 0. The number of esters is 1. The fraction of sp³-hybridized carbons (Fsp3) is 0.750. The maximum absolute atomic E-state index is 11.9. The van der Waals surface area contributed by atoms with E-state index in [-0.39, 0.29) is 5.69 Å². The van der Waals surface area contributed by atoms with Gasteiger partial charge in [-0.2, -0.15) is 0 Å². The number of carbonyl (C=O) groups is 1. The smallest absolute Gasteiger partial charge is 0.361 e. The van der Waals surface area contributed by atoms with Crippen LogP contribution in [0, 0.1) is 6.92 Å². The highest BCUT2D eigenvalue weighted by Crippen LogP contribution is 2.13. The molecule has 0 aliphatic heterocycles. The van der Waals surface area contributed by atoms with E-state index < -0.39 is 11.6 Å². The van der Waals surface area contributed by atoms with Crippen molar-refractivity contribution >= 4 is 5.97 Å². The molecule has 0 aromatic carbocycles. The molecule has 18 heavy (non-hydrogen) atoms. The third kappa shape index (κ3) is 4.10. The van der Waals surface area contributed by atoms with E-state index in [1.807, 2.05) is 27.7 Å². The van der Waals surface area contributed by atoms with Gasteiger partial charge in [-0.1, -0.05) is 5.21 Å². The Hall–Kier alpha value is -1.43. The van der Waals surface area contributed by atoms with Crippen molar-refractivity contribution in [2.45, 2.75) is 46.8 Å². The van der Waals surface area contributed by atoms with Crippen LogP contribution >= 0.6 is 0 Å². The highest BCUT2D eigenvalue weighted by atomic mass is 16.6. The lowest BCUT2D eigenvalue weighted by Gasteiger charge is -2.18. The largest absolute Gasteiger partial charge is 0.455 e. The van der Waals surface area contributed by atoms with Crippen LogP contribution in [-0.4, -0.2) is 39.8 Å². The summed E-state index contributed by atoms with van der Waals surface area (Å²) < 4.78 is 12.1. The molecule has 0 unspecified atom stereocenters. The van der Waals surface area contributed by atoms with Crippen LogP contribution in [0.1, 0.15) is 43.9 Å². The summed E-state index contributed by atoms with van der Waals surface area (Å²) in [6, 6.07) is 0. The Balaban J connectivity index is 2.71. The lowest BCUT2D eigenvalue weighted by Crippen LogP contribution is -2.24. The van der Waals surface area contributed by atoms with Crippen LogP contribution in [-0.2, 0) is 16.0 Å². The van der Waals surface area contributed by atoms with Crippen LogP contribution in [0.15, 0.2) is 0 Å². The molecule has 1 rings (SSSR count). The van der Waals surface area contributed by atoms with Gasteiger partial charge in [0, 0.05) is 6.61 Å². The zero-order chi connectivity index (χ0) is 13.8. The van der Waals surface area contributed by atoms with E-state index in [1.54, 1.807) is 11.6 Å². The Labute approximate surface area is 107 Å². The Kier molecular flexibility index (Phi) is 4.84. The SMILES string of the molecule is CCOCCn1nnc(C(=O)OC(C)(C)C)c1C. The van der Waals surface area contributed by atoms with Crippen molar-refractivity contribution in [2.75, 3.05) is 13.2 Å². The summed E-state index contributed by atoms with van der Waals surface area (Å²) in [7, 11) is 0. The fourth-order valence-electron chi connectivity index (χ4n) is 1.38. The number of nitrogens with zero attached hydrogens (tertiary/aromatic N) is 3. The molecule has 0 N–H and O–H groups in total. The van der Waals surface area contributed by atoms with Crippen molar-refractivity contribution in [3.8, 4) is 0 Å². The van der Waals surface area contributed by atoms with Gasteiger partial charge in [0.25, 0.3) is 0 Å². The molecule has 6 nitrogen and oxygen atoms in total. The first kappa shape index (κ1) is 14.6. The molecule has 0 atom stereocenters. The first-order valence-electron chi connectivity index (χ1n) is 6.06. The Morgan fingerprint density at radius 1 is 1.39 bits per heavy atom. The van der Waals surface area contributed by atoms with Gasteiger partial charge >= 0.3 is 5.97 Å². The summed E-state index contributed by atoms with van der Waals surface area (Å²) in [4.78, 5) is 11.9. The topological polar surface area (TPSA) is 66.2 Å². The summed E-state index contributed by atoms with van der Waals surface area (Å²) in [5, 5.41) is 7.79. The van der Waals surface area contributed by atoms with Gasteiger partial charge in [0.1, 0.15) is 5.60 Å². The van der Waals surface area contributed by atoms with Crippen molar-refractivity contribution in [1.82, 2.24) is 15.0 Å². The van der Waals surface area contributed by atoms with Gasteiger partial charge in [0.2, 0.25) is 0 Å². The first-order chi connectivity index (χ1) is 8.35. The van der Waals surface area contributed by atoms with Crippen LogP contribution in [0.5, 0.6) is 0 Å². The van der Waals surface area contributed by atoms with E-state index >= 15 is 0 Å². The monoisotopic (exact) mass is 255 g/mol. The third-order valence-corrected chi connectivity index (χ3v) is 2.23. The lowest BCUT2D eigenvalue weighted by atomic mass is 10.2. The predicted molar refractivity (Wildman–Crippen MR) is 66.4 cm³/mol. The molecule has 6 heteroatoms. The van der Waals surface area contributed by atoms with Crippen LogP contribution < -0.4 is 0 Å². The summed E-state index contributed by atoms with van der Waals surface area (Å²) in [6.45, 7) is 11.0. The lowest BCUT2D eigenvalue weighted by molar-refractivity contribution is 0.00618. The van der Waals surface area contributed by atoms with Gasteiger partial charge in [0.15, 0.2) is 5.69 Å². The zero-order valence-corrected chi connectivity index (χ0v) is 11.7. The van der Waals surface area contributed by atoms with Gasteiger partial charge in [-0.15, -0.1) is 5.10 Å². The highest BCUT2D eigenvalue weighted by molar-refractivity contribution is 5.88. The van der Waals surface area contributed by atoms with Crippen molar-refractivity contribution in [1.29, 1.82) is 0 Å². The van der Waals surface area contributed by atoms with Gasteiger partial charge in [0.05, 0.1) is 18.8 Å². The molecule has 0 radical (unpaired) electrons. The Bertz CT molecular complexity index is 407. The number of hydrogen-bond acceptors (Lipinski definition) is 5. The van der Waals surface area contributed by atoms with Crippen molar-refractivity contribution in [3.63, 3.8) is 0 Å². The molecule has 0 spiro atoms. The maximum atomic E-state index is 11.9. The molecule has 0 bridgehead atoms. The van der Waals surface area contributed by atoms with Crippen LogP contribution in [0.4, 0.5) is 0 Å². The standard InChI is InChI=1S/C12H21N3O3/c1-6-17-8-7-15-9(2)10(13-14-15)11(16)18-12(3,4)5/h6-8H2,1-5H3. The fourth-order valence-corrected chi connectivity index (χ4v) is 1.38. The van der Waals surface area contributed by atoms with Crippen molar-refractivity contribution < 1.29 is 14.3 Å². The second-order valence-electron chi connectivity index (χ2n) is 4.95. The van der Waals surface area contributed by atoms with Crippen LogP contribution in [0.25, 0.3) is 0 Å². The zero-order valence-electron chi connectivity index (χ0n) is 11.7. The molecule has 1 aromatic heterocycles. The van der Waals surface area contributed by atoms with Crippen LogP contribution in [0.3, 0.4) is 0 Å². The molecular formula is C12H21N3O3. The number of carbonyl (C=O) groups excluding carboxylic acids is 1. The number of ether oxygens (including phenoxy) is 2. The molecular weight excluding hydrogens is 234 g/mol. The molecule has 102 valence electrons. The van der Waals surface area contributed by atoms with Gasteiger partial charge < -0.3 is 9.47 Å². The minimum absolute atomic E-state index is 0.265. The normalized spacial score (nSPS) is 11.6. The molecule has 1 aromatic rings. The van der Waals surface area contributed by atoms with Crippen LogP contribution in [0.2, 0.25) is 0 Å². The van der Waals surface area contributed by atoms with E-state index in [0.717, 1.165) is 0 Å². The molecule has 0 fully saturated rings. The van der Waals surface area contributed by atoms with E-state index in [2.05, 4.69) is 10.3 Å². The molecule has 0 saturated heterocycles. The second kappa shape index (κ2) is 5.95. The third-order valence-electron chi connectivity index (χ3n) is 2.23. The number of aromatic nitrogens is 3. The number of hydrogen-bond donors (Lipinski definition) is 0. The number of rotatable bonds is 5. The summed E-state index contributed by atoms with van der Waals surface area (Å²) in [5.41, 5.74) is 0.434. The molecule has 0 aliphatic carbocycles. The van der Waals surface area contributed by atoms with Gasteiger partial charge in [-0.25, -0.2) is 9.48 Å². The summed E-state index contributed by atoms with van der Waals surface area (Å²) in [5.74, 6) is -0.442. The minimum Gasteiger partial charge on any atom is -0.455 e. The van der Waals surface area contributed by atoms with E-state index in [9.17, 15) is 4.79 Å². The predicted octanol–water partition coefficient (Wildman–Crippen LogP) is 1.58. The Morgan fingerprint density at radius 3 is 2.61 bits per heavy atom. The average molecular weight is 255 g/mol. The van der Waals surface area contributed by atoms with E-state index in [0.29, 0.717) is 25.5 Å². The highest BCUT2D eigenvalue weighted by Gasteiger charge is 2.23. The maximum Gasteiger partial charge on any atom is 0.361 e. The molecule has 0 amide bonds. The van der Waals surface area contributed by atoms with E-state index in [4.69, 9.17) is 9.47 Å². The quantitative estimate of drug-likeness (QED) is 0.590. The summed E-state index contributed by atoms with van der Waals surface area (Å²) in [6.07, 6.45) is 0. The van der Waals surface area contributed by atoms with Gasteiger partial charge in [-0.05, 0) is 34.6 Å². The second-order valence-corrected chi connectivity index (χ2v) is 4.95. The molecule has 0 aliphatic rings.